The first-order chi connectivity index (χ1) is 4.63. The summed E-state index contributed by atoms with van der Waals surface area (Å²) in [4.78, 5) is 15.0. The fraction of sp³-hybridized carbons (Fsp3) is 0.857. The van der Waals surface area contributed by atoms with E-state index in [2.05, 4.69) is 0 Å². The molecule has 1 amide bonds. The Labute approximate surface area is 61.6 Å². The summed E-state index contributed by atoms with van der Waals surface area (Å²) >= 11 is 0. The molecule has 1 heterocycles. The summed E-state index contributed by atoms with van der Waals surface area (Å²) in [5, 5.41) is 0. The van der Waals surface area contributed by atoms with Crippen LogP contribution in [0.5, 0.6) is 0 Å². The summed E-state index contributed by atoms with van der Waals surface area (Å²) < 4.78 is 0. The van der Waals surface area contributed by atoms with Crippen LogP contribution in [0.4, 0.5) is 0 Å². The van der Waals surface area contributed by atoms with Crippen LogP contribution in [0.15, 0.2) is 0 Å². The predicted molar refractivity (Wildman–Crippen MR) is 39.7 cm³/mol. The summed E-state index contributed by atoms with van der Waals surface area (Å²) in [6.07, 6.45) is 0.975. The van der Waals surface area contributed by atoms with Crippen molar-refractivity contribution in [1.29, 1.82) is 0 Å². The number of likely N-dealkylation sites (N-methyl/N-ethyl adjacent to an activating group) is 2. The van der Waals surface area contributed by atoms with Crippen molar-refractivity contribution in [2.45, 2.75) is 12.5 Å². The van der Waals surface area contributed by atoms with Crippen molar-refractivity contribution in [2.24, 2.45) is 0 Å². The van der Waals surface area contributed by atoms with Gasteiger partial charge in [0.2, 0.25) is 5.91 Å². The highest BCUT2D eigenvalue weighted by Gasteiger charge is 2.29. The van der Waals surface area contributed by atoms with Gasteiger partial charge in [0, 0.05) is 13.6 Å². The first-order valence-electron chi connectivity index (χ1n) is 3.54. The van der Waals surface area contributed by atoms with Gasteiger partial charge in [0.15, 0.2) is 0 Å². The average Bonchev–Trinajstić information content (AvgIpc) is 2.14. The molecule has 0 aromatic rings. The molecule has 1 unspecified atom stereocenters. The minimum atomic E-state index is 0.130. The molecule has 1 atom stereocenters. The third kappa shape index (κ3) is 1.14. The highest BCUT2D eigenvalue weighted by Crippen LogP contribution is 2.12. The number of carbonyl (C=O) groups excluding carboxylic acids is 1. The van der Waals surface area contributed by atoms with Gasteiger partial charge in [0.1, 0.15) is 0 Å². The van der Waals surface area contributed by atoms with E-state index in [1.807, 2.05) is 26.0 Å². The second-order valence-corrected chi connectivity index (χ2v) is 3.03. The molecule has 3 nitrogen and oxygen atoms in total. The Balaban J connectivity index is 2.57. The lowest BCUT2D eigenvalue weighted by molar-refractivity contribution is -0.130. The Hall–Kier alpha value is -0.570. The van der Waals surface area contributed by atoms with Crippen LogP contribution in [0.25, 0.3) is 0 Å². The van der Waals surface area contributed by atoms with Crippen molar-refractivity contribution in [3.63, 3.8) is 0 Å². The van der Waals surface area contributed by atoms with Crippen molar-refractivity contribution in [1.82, 2.24) is 9.80 Å². The zero-order valence-electron chi connectivity index (χ0n) is 6.79. The first-order valence-corrected chi connectivity index (χ1v) is 3.54. The van der Waals surface area contributed by atoms with Gasteiger partial charge in [-0.3, -0.25) is 9.69 Å². The summed E-state index contributed by atoms with van der Waals surface area (Å²) in [5.41, 5.74) is 0. The topological polar surface area (TPSA) is 23.6 Å². The van der Waals surface area contributed by atoms with Gasteiger partial charge in [-0.05, 0) is 20.5 Å². The Morgan fingerprint density at radius 1 is 1.60 bits per heavy atom. The molecule has 1 aliphatic heterocycles. The molecular formula is C7H14N2O. The molecule has 3 heteroatoms. The summed E-state index contributed by atoms with van der Waals surface area (Å²) in [6, 6.07) is 0.130. The number of hydrogen-bond donors (Lipinski definition) is 0. The van der Waals surface area contributed by atoms with Gasteiger partial charge in [0.05, 0.1) is 6.04 Å². The Bertz CT molecular complexity index is 145. The van der Waals surface area contributed by atoms with Crippen molar-refractivity contribution in [3.05, 3.63) is 0 Å². The van der Waals surface area contributed by atoms with E-state index < -0.39 is 0 Å². The molecule has 10 heavy (non-hydrogen) atoms. The molecule has 0 radical (unpaired) electrons. The van der Waals surface area contributed by atoms with E-state index in [1.165, 1.54) is 0 Å². The fourth-order valence-electron chi connectivity index (χ4n) is 1.28. The maximum atomic E-state index is 11.2. The van der Waals surface area contributed by atoms with Crippen LogP contribution in [0, 0.1) is 0 Å². The number of rotatable bonds is 1. The maximum absolute atomic E-state index is 11.2. The van der Waals surface area contributed by atoms with Crippen LogP contribution in [0.2, 0.25) is 0 Å². The standard InChI is InChI=1S/C7H14N2O/c1-8(2)6-4-5-9(3)7(6)10/h6H,4-5H2,1-3H3. The van der Waals surface area contributed by atoms with Crippen molar-refractivity contribution in [2.75, 3.05) is 27.7 Å². The Kier molecular flexibility index (Phi) is 1.94. The van der Waals surface area contributed by atoms with E-state index in [9.17, 15) is 4.79 Å². The van der Waals surface area contributed by atoms with Gasteiger partial charge in [-0.2, -0.15) is 0 Å². The minimum absolute atomic E-state index is 0.130. The molecule has 0 spiro atoms. The fourth-order valence-corrected chi connectivity index (χ4v) is 1.28. The number of hydrogen-bond acceptors (Lipinski definition) is 2. The number of carbonyl (C=O) groups is 1. The van der Waals surface area contributed by atoms with Gasteiger partial charge in [-0.25, -0.2) is 0 Å². The SMILES string of the molecule is CN1CCC(N(C)C)C1=O. The summed E-state index contributed by atoms with van der Waals surface area (Å²) in [7, 11) is 5.75. The van der Waals surface area contributed by atoms with Crippen LogP contribution in [-0.4, -0.2) is 49.4 Å². The Morgan fingerprint density at radius 2 is 2.20 bits per heavy atom. The molecule has 1 fully saturated rings. The van der Waals surface area contributed by atoms with E-state index in [0.29, 0.717) is 0 Å². The second-order valence-electron chi connectivity index (χ2n) is 3.03. The molecule has 0 aromatic heterocycles. The van der Waals surface area contributed by atoms with E-state index in [1.54, 1.807) is 4.90 Å². The summed E-state index contributed by atoms with van der Waals surface area (Å²) in [6.45, 7) is 0.904. The average molecular weight is 142 g/mol. The highest BCUT2D eigenvalue weighted by atomic mass is 16.2. The smallest absolute Gasteiger partial charge is 0.239 e. The second kappa shape index (κ2) is 2.58. The van der Waals surface area contributed by atoms with Crippen molar-refractivity contribution in [3.8, 4) is 0 Å². The normalized spacial score (nSPS) is 26.6. The Morgan fingerprint density at radius 3 is 2.40 bits per heavy atom. The van der Waals surface area contributed by atoms with E-state index >= 15 is 0 Å². The molecular weight excluding hydrogens is 128 g/mol. The van der Waals surface area contributed by atoms with Crippen LogP contribution < -0.4 is 0 Å². The third-order valence-electron chi connectivity index (χ3n) is 2.02. The molecule has 0 saturated carbocycles. The lowest BCUT2D eigenvalue weighted by atomic mass is 10.2. The van der Waals surface area contributed by atoms with Gasteiger partial charge >= 0.3 is 0 Å². The monoisotopic (exact) mass is 142 g/mol. The van der Waals surface area contributed by atoms with E-state index in [0.717, 1.165) is 13.0 Å². The quantitative estimate of drug-likeness (QED) is 0.505. The number of amides is 1. The third-order valence-corrected chi connectivity index (χ3v) is 2.02. The molecule has 0 bridgehead atoms. The van der Waals surface area contributed by atoms with E-state index in [-0.39, 0.29) is 11.9 Å². The van der Waals surface area contributed by atoms with Crippen molar-refractivity contribution < 1.29 is 4.79 Å². The maximum Gasteiger partial charge on any atom is 0.239 e. The van der Waals surface area contributed by atoms with Crippen LogP contribution >= 0.6 is 0 Å². The zero-order chi connectivity index (χ0) is 7.72. The van der Waals surface area contributed by atoms with Crippen LogP contribution in [0.1, 0.15) is 6.42 Å². The highest BCUT2D eigenvalue weighted by molar-refractivity contribution is 5.83. The molecule has 0 N–H and O–H groups in total. The lowest BCUT2D eigenvalue weighted by Crippen LogP contribution is -2.35. The van der Waals surface area contributed by atoms with Gasteiger partial charge < -0.3 is 4.90 Å². The van der Waals surface area contributed by atoms with Gasteiger partial charge in [-0.1, -0.05) is 0 Å². The lowest BCUT2D eigenvalue weighted by Gasteiger charge is -2.16. The first kappa shape index (κ1) is 7.54. The number of nitrogens with zero attached hydrogens (tertiary/aromatic N) is 2. The zero-order valence-corrected chi connectivity index (χ0v) is 6.79. The van der Waals surface area contributed by atoms with Gasteiger partial charge in [0.25, 0.3) is 0 Å². The van der Waals surface area contributed by atoms with Crippen molar-refractivity contribution >= 4 is 5.91 Å². The van der Waals surface area contributed by atoms with E-state index in [4.69, 9.17) is 0 Å². The molecule has 1 aliphatic rings. The molecule has 1 rings (SSSR count). The van der Waals surface area contributed by atoms with Gasteiger partial charge in [-0.15, -0.1) is 0 Å². The minimum Gasteiger partial charge on any atom is -0.344 e. The molecule has 0 aliphatic carbocycles. The molecule has 0 aromatic carbocycles. The molecule has 1 saturated heterocycles. The largest absolute Gasteiger partial charge is 0.344 e. The summed E-state index contributed by atoms with van der Waals surface area (Å²) in [5.74, 6) is 0.255. The predicted octanol–water partition coefficient (Wildman–Crippen LogP) is -0.221. The molecule has 58 valence electrons. The van der Waals surface area contributed by atoms with Crippen LogP contribution in [-0.2, 0) is 4.79 Å². The van der Waals surface area contributed by atoms with Crippen LogP contribution in [0.3, 0.4) is 0 Å². The number of likely N-dealkylation sites (tertiary alicyclic amines) is 1.